The number of rotatable bonds is 2. The second kappa shape index (κ2) is 4.84. The van der Waals surface area contributed by atoms with Gasteiger partial charge in [-0.05, 0) is 51.0 Å². The predicted molar refractivity (Wildman–Crippen MR) is 64.7 cm³/mol. The Morgan fingerprint density at radius 3 is 2.67 bits per heavy atom. The number of piperidine rings is 1. The van der Waals surface area contributed by atoms with E-state index < -0.39 is 0 Å². The topological polar surface area (TPSA) is 29.3 Å². The fourth-order valence-corrected chi connectivity index (χ4v) is 3.51. The number of hydrogen-bond acceptors (Lipinski definition) is 2. The molecular formula is C13H26N2. The molecule has 15 heavy (non-hydrogen) atoms. The first-order chi connectivity index (χ1) is 7.22. The van der Waals surface area contributed by atoms with E-state index in [2.05, 4.69) is 18.7 Å². The lowest BCUT2D eigenvalue weighted by atomic mass is 9.91. The van der Waals surface area contributed by atoms with Gasteiger partial charge in [-0.2, -0.15) is 0 Å². The molecule has 0 aromatic rings. The Balaban J connectivity index is 2.00. The van der Waals surface area contributed by atoms with Crippen molar-refractivity contribution in [2.45, 2.75) is 58.0 Å². The minimum absolute atomic E-state index is 0.776. The zero-order valence-corrected chi connectivity index (χ0v) is 10.3. The van der Waals surface area contributed by atoms with Crippen LogP contribution in [-0.2, 0) is 0 Å². The van der Waals surface area contributed by atoms with E-state index in [4.69, 9.17) is 5.73 Å². The molecule has 2 rings (SSSR count). The van der Waals surface area contributed by atoms with Gasteiger partial charge in [-0.15, -0.1) is 0 Å². The summed E-state index contributed by atoms with van der Waals surface area (Å²) in [6, 6.07) is 1.59. The number of nitrogens with zero attached hydrogens (tertiary/aromatic N) is 1. The number of likely N-dealkylation sites (tertiary alicyclic amines) is 1. The largest absolute Gasteiger partial charge is 0.330 e. The van der Waals surface area contributed by atoms with Gasteiger partial charge in [-0.3, -0.25) is 4.90 Å². The maximum atomic E-state index is 5.88. The molecule has 1 saturated carbocycles. The van der Waals surface area contributed by atoms with Crippen molar-refractivity contribution >= 4 is 0 Å². The molecule has 2 N–H and O–H groups in total. The second-order valence-electron chi connectivity index (χ2n) is 5.72. The molecule has 0 aromatic carbocycles. The third kappa shape index (κ3) is 2.36. The van der Waals surface area contributed by atoms with Crippen LogP contribution < -0.4 is 5.73 Å². The van der Waals surface area contributed by atoms with Crippen LogP contribution in [0.15, 0.2) is 0 Å². The quantitative estimate of drug-likeness (QED) is 0.757. The smallest absolute Gasteiger partial charge is 0.0138 e. The van der Waals surface area contributed by atoms with Crippen LogP contribution >= 0.6 is 0 Å². The molecule has 4 unspecified atom stereocenters. The minimum atomic E-state index is 0.776. The van der Waals surface area contributed by atoms with Crippen molar-refractivity contribution in [3.8, 4) is 0 Å². The van der Waals surface area contributed by atoms with E-state index in [1.54, 1.807) is 0 Å². The molecule has 1 heterocycles. The van der Waals surface area contributed by atoms with Gasteiger partial charge in [0, 0.05) is 18.6 Å². The fraction of sp³-hybridized carbons (Fsp3) is 1.00. The Hall–Kier alpha value is -0.0800. The van der Waals surface area contributed by atoms with Crippen LogP contribution in [0.25, 0.3) is 0 Å². The fourth-order valence-electron chi connectivity index (χ4n) is 3.51. The zero-order chi connectivity index (χ0) is 10.8. The van der Waals surface area contributed by atoms with Crippen molar-refractivity contribution in [1.82, 2.24) is 4.90 Å². The molecule has 2 fully saturated rings. The van der Waals surface area contributed by atoms with Crippen LogP contribution in [0.2, 0.25) is 0 Å². The number of nitrogens with two attached hydrogens (primary N) is 1. The van der Waals surface area contributed by atoms with Crippen LogP contribution in [0.1, 0.15) is 46.0 Å². The normalized spacial score (nSPS) is 43.4. The zero-order valence-electron chi connectivity index (χ0n) is 10.3. The first kappa shape index (κ1) is 11.4. The summed E-state index contributed by atoms with van der Waals surface area (Å²) in [6.07, 6.45) is 6.94. The highest BCUT2D eigenvalue weighted by molar-refractivity contribution is 4.90. The molecular weight excluding hydrogens is 184 g/mol. The summed E-state index contributed by atoms with van der Waals surface area (Å²) in [5, 5.41) is 0. The van der Waals surface area contributed by atoms with E-state index in [0.29, 0.717) is 0 Å². The van der Waals surface area contributed by atoms with Crippen molar-refractivity contribution in [3.05, 3.63) is 0 Å². The molecule has 2 nitrogen and oxygen atoms in total. The first-order valence-corrected chi connectivity index (χ1v) is 6.68. The Labute approximate surface area is 94.2 Å². The van der Waals surface area contributed by atoms with Gasteiger partial charge >= 0.3 is 0 Å². The lowest BCUT2D eigenvalue weighted by molar-refractivity contribution is 0.0597. The van der Waals surface area contributed by atoms with Gasteiger partial charge in [0.15, 0.2) is 0 Å². The lowest BCUT2D eigenvalue weighted by Crippen LogP contribution is -2.49. The van der Waals surface area contributed by atoms with Crippen LogP contribution in [0, 0.1) is 11.8 Å². The maximum absolute atomic E-state index is 5.88. The summed E-state index contributed by atoms with van der Waals surface area (Å²) in [5.74, 6) is 1.66. The third-order valence-corrected chi connectivity index (χ3v) is 4.51. The van der Waals surface area contributed by atoms with Crippen molar-refractivity contribution in [1.29, 1.82) is 0 Å². The Morgan fingerprint density at radius 2 is 1.93 bits per heavy atom. The summed E-state index contributed by atoms with van der Waals surface area (Å²) >= 11 is 0. The van der Waals surface area contributed by atoms with Gasteiger partial charge in [0.2, 0.25) is 0 Å². The van der Waals surface area contributed by atoms with Crippen molar-refractivity contribution < 1.29 is 0 Å². The van der Waals surface area contributed by atoms with Gasteiger partial charge in [0.25, 0.3) is 0 Å². The van der Waals surface area contributed by atoms with Crippen LogP contribution in [-0.4, -0.2) is 30.1 Å². The number of hydrogen-bond donors (Lipinski definition) is 1. The highest BCUT2D eigenvalue weighted by Gasteiger charge is 2.35. The van der Waals surface area contributed by atoms with E-state index in [0.717, 1.165) is 30.5 Å². The molecule has 1 aliphatic heterocycles. The molecule has 2 heteroatoms. The standard InChI is InChI=1S/C13H26N2/c1-10-6-7-11(2)15(9-10)13-5-3-4-12(13)8-14/h10-13H,3-9,14H2,1-2H3. The molecule has 0 amide bonds. The average molecular weight is 210 g/mol. The lowest BCUT2D eigenvalue weighted by Gasteiger charge is -2.42. The third-order valence-electron chi connectivity index (χ3n) is 4.51. The van der Waals surface area contributed by atoms with Crippen LogP contribution in [0.3, 0.4) is 0 Å². The molecule has 0 radical (unpaired) electrons. The Bertz CT molecular complexity index is 205. The van der Waals surface area contributed by atoms with Gasteiger partial charge in [0.1, 0.15) is 0 Å². The van der Waals surface area contributed by atoms with E-state index >= 15 is 0 Å². The Kier molecular flexibility index (Phi) is 3.68. The first-order valence-electron chi connectivity index (χ1n) is 6.68. The van der Waals surface area contributed by atoms with Crippen molar-refractivity contribution in [2.75, 3.05) is 13.1 Å². The maximum Gasteiger partial charge on any atom is 0.0138 e. The predicted octanol–water partition coefficient (Wildman–Crippen LogP) is 2.23. The summed E-state index contributed by atoms with van der Waals surface area (Å²) in [6.45, 7) is 6.99. The summed E-state index contributed by atoms with van der Waals surface area (Å²) in [4.78, 5) is 2.76. The summed E-state index contributed by atoms with van der Waals surface area (Å²) in [7, 11) is 0. The van der Waals surface area contributed by atoms with Gasteiger partial charge in [-0.1, -0.05) is 13.3 Å². The van der Waals surface area contributed by atoms with E-state index in [1.165, 1.54) is 38.6 Å². The van der Waals surface area contributed by atoms with E-state index in [9.17, 15) is 0 Å². The summed E-state index contributed by atoms with van der Waals surface area (Å²) in [5.41, 5.74) is 5.88. The molecule has 2 aliphatic rings. The molecule has 0 bridgehead atoms. The molecule has 4 atom stereocenters. The Morgan fingerprint density at radius 1 is 1.13 bits per heavy atom. The highest BCUT2D eigenvalue weighted by Crippen LogP contribution is 2.34. The minimum Gasteiger partial charge on any atom is -0.330 e. The summed E-state index contributed by atoms with van der Waals surface area (Å²) < 4.78 is 0. The molecule has 1 saturated heterocycles. The monoisotopic (exact) mass is 210 g/mol. The van der Waals surface area contributed by atoms with Crippen molar-refractivity contribution in [2.24, 2.45) is 17.6 Å². The molecule has 0 spiro atoms. The van der Waals surface area contributed by atoms with Crippen LogP contribution in [0.5, 0.6) is 0 Å². The van der Waals surface area contributed by atoms with E-state index in [-0.39, 0.29) is 0 Å². The highest BCUT2D eigenvalue weighted by atomic mass is 15.2. The van der Waals surface area contributed by atoms with Crippen molar-refractivity contribution in [3.63, 3.8) is 0 Å². The average Bonchev–Trinajstić information content (AvgIpc) is 2.69. The van der Waals surface area contributed by atoms with Crippen LogP contribution in [0.4, 0.5) is 0 Å². The SMILES string of the molecule is CC1CCC(C)N(C2CCCC2CN)C1. The van der Waals surface area contributed by atoms with Gasteiger partial charge in [-0.25, -0.2) is 0 Å². The molecule has 0 aromatic heterocycles. The van der Waals surface area contributed by atoms with E-state index in [1.807, 2.05) is 0 Å². The van der Waals surface area contributed by atoms with Gasteiger partial charge < -0.3 is 5.73 Å². The molecule has 1 aliphatic carbocycles. The second-order valence-corrected chi connectivity index (χ2v) is 5.72. The van der Waals surface area contributed by atoms with Gasteiger partial charge in [0.05, 0.1) is 0 Å². The molecule has 88 valence electrons.